The van der Waals surface area contributed by atoms with Crippen molar-refractivity contribution in [3.63, 3.8) is 0 Å². The number of amides is 1. The van der Waals surface area contributed by atoms with Crippen LogP contribution in [0.1, 0.15) is 34.4 Å². The molecule has 1 unspecified atom stereocenters. The molecule has 0 saturated carbocycles. The Balaban J connectivity index is 2.91. The van der Waals surface area contributed by atoms with Crippen molar-refractivity contribution in [3.8, 4) is 0 Å². The van der Waals surface area contributed by atoms with Crippen LogP contribution in [0.5, 0.6) is 0 Å². The van der Waals surface area contributed by atoms with Crippen molar-refractivity contribution < 1.29 is 14.3 Å². The summed E-state index contributed by atoms with van der Waals surface area (Å²) >= 11 is 0. The van der Waals surface area contributed by atoms with E-state index in [1.807, 2.05) is 13.8 Å². The largest absolute Gasteiger partial charge is 0.466 e. The molecule has 2 N–H and O–H groups in total. The lowest BCUT2D eigenvalue weighted by molar-refractivity contribution is 0.0920. The first-order chi connectivity index (χ1) is 6.97. The zero-order chi connectivity index (χ0) is 11.6. The van der Waals surface area contributed by atoms with Crippen molar-refractivity contribution in [2.75, 3.05) is 6.61 Å². The summed E-state index contributed by atoms with van der Waals surface area (Å²) in [4.78, 5) is 11.8. The van der Waals surface area contributed by atoms with Crippen molar-refractivity contribution >= 4 is 5.91 Å². The van der Waals surface area contributed by atoms with Gasteiger partial charge in [-0.2, -0.15) is 0 Å². The van der Waals surface area contributed by atoms with E-state index < -0.39 is 0 Å². The zero-order valence-corrected chi connectivity index (χ0v) is 9.55. The maximum atomic E-state index is 11.8. The summed E-state index contributed by atoms with van der Waals surface area (Å²) in [6.45, 7) is 7.12. The summed E-state index contributed by atoms with van der Waals surface area (Å²) < 4.78 is 5.36. The predicted molar refractivity (Wildman–Crippen MR) is 56.9 cm³/mol. The lowest BCUT2D eigenvalue weighted by atomic mass is 10.1. The molecule has 15 heavy (non-hydrogen) atoms. The molecule has 0 aliphatic carbocycles. The van der Waals surface area contributed by atoms with E-state index in [4.69, 9.17) is 9.52 Å². The normalized spacial score (nSPS) is 12.6. The van der Waals surface area contributed by atoms with Crippen LogP contribution in [0.4, 0.5) is 0 Å². The second-order valence-corrected chi connectivity index (χ2v) is 3.77. The fourth-order valence-corrected chi connectivity index (χ4v) is 1.47. The molecule has 0 bridgehead atoms. The molecule has 0 aliphatic heterocycles. The van der Waals surface area contributed by atoms with Crippen molar-refractivity contribution in [1.29, 1.82) is 0 Å². The van der Waals surface area contributed by atoms with E-state index in [-0.39, 0.29) is 18.6 Å². The summed E-state index contributed by atoms with van der Waals surface area (Å²) in [5, 5.41) is 11.5. The average molecular weight is 211 g/mol. The Morgan fingerprint density at radius 3 is 2.40 bits per heavy atom. The number of aliphatic hydroxyl groups is 1. The molecular weight excluding hydrogens is 194 g/mol. The maximum absolute atomic E-state index is 11.8. The Labute approximate surface area is 89.3 Å². The summed E-state index contributed by atoms with van der Waals surface area (Å²) in [6.07, 6.45) is 0. The van der Waals surface area contributed by atoms with Crippen molar-refractivity contribution in [3.05, 3.63) is 22.6 Å². The highest BCUT2D eigenvalue weighted by Crippen LogP contribution is 2.20. The fourth-order valence-electron chi connectivity index (χ4n) is 1.47. The SMILES string of the molecule is Cc1oc(C)c(C(=O)NC(C)CO)c1C. The highest BCUT2D eigenvalue weighted by Gasteiger charge is 2.19. The first-order valence-electron chi connectivity index (χ1n) is 4.95. The molecule has 84 valence electrons. The molecule has 4 heteroatoms. The molecule has 1 amide bonds. The van der Waals surface area contributed by atoms with Crippen LogP contribution in [0.25, 0.3) is 0 Å². The van der Waals surface area contributed by atoms with Crippen LogP contribution in [0.2, 0.25) is 0 Å². The molecule has 1 aromatic heterocycles. The van der Waals surface area contributed by atoms with Gasteiger partial charge in [0.15, 0.2) is 0 Å². The minimum Gasteiger partial charge on any atom is -0.466 e. The number of hydrogen-bond donors (Lipinski definition) is 2. The molecule has 1 heterocycles. The van der Waals surface area contributed by atoms with Gasteiger partial charge in [0.1, 0.15) is 11.5 Å². The van der Waals surface area contributed by atoms with Gasteiger partial charge in [-0.05, 0) is 27.7 Å². The molecule has 0 fully saturated rings. The Morgan fingerprint density at radius 2 is 2.00 bits per heavy atom. The molecule has 0 spiro atoms. The standard InChI is InChI=1S/C11H17NO3/c1-6(5-13)12-11(14)10-7(2)8(3)15-9(10)4/h6,13H,5H2,1-4H3,(H,12,14). The zero-order valence-electron chi connectivity index (χ0n) is 9.55. The number of hydrogen-bond acceptors (Lipinski definition) is 3. The highest BCUT2D eigenvalue weighted by atomic mass is 16.3. The predicted octanol–water partition coefficient (Wildman–Crippen LogP) is 1.32. The first-order valence-corrected chi connectivity index (χ1v) is 4.95. The lowest BCUT2D eigenvalue weighted by Crippen LogP contribution is -2.35. The van der Waals surface area contributed by atoms with E-state index in [2.05, 4.69) is 5.32 Å². The molecule has 1 atom stereocenters. The Kier molecular flexibility index (Phi) is 3.52. The molecular formula is C11H17NO3. The van der Waals surface area contributed by atoms with Gasteiger partial charge in [0, 0.05) is 11.6 Å². The van der Waals surface area contributed by atoms with Crippen LogP contribution in [-0.2, 0) is 0 Å². The minimum atomic E-state index is -0.244. The number of nitrogens with one attached hydrogen (secondary N) is 1. The van der Waals surface area contributed by atoms with Crippen molar-refractivity contribution in [1.82, 2.24) is 5.32 Å². The monoisotopic (exact) mass is 211 g/mol. The van der Waals surface area contributed by atoms with Crippen molar-refractivity contribution in [2.45, 2.75) is 33.7 Å². The molecule has 0 aromatic carbocycles. The van der Waals surface area contributed by atoms with Crippen LogP contribution in [0.15, 0.2) is 4.42 Å². The van der Waals surface area contributed by atoms with Crippen LogP contribution < -0.4 is 5.32 Å². The molecule has 0 aliphatic rings. The van der Waals surface area contributed by atoms with Crippen LogP contribution in [-0.4, -0.2) is 23.7 Å². The van der Waals surface area contributed by atoms with Gasteiger partial charge in [-0.1, -0.05) is 0 Å². The molecule has 0 saturated heterocycles. The van der Waals surface area contributed by atoms with Gasteiger partial charge in [-0.15, -0.1) is 0 Å². The second-order valence-electron chi connectivity index (χ2n) is 3.77. The number of aliphatic hydroxyl groups excluding tert-OH is 1. The van der Waals surface area contributed by atoms with Gasteiger partial charge in [-0.3, -0.25) is 4.79 Å². The van der Waals surface area contributed by atoms with Gasteiger partial charge in [0.25, 0.3) is 5.91 Å². The van der Waals surface area contributed by atoms with E-state index in [0.717, 1.165) is 11.3 Å². The Hall–Kier alpha value is -1.29. The maximum Gasteiger partial charge on any atom is 0.255 e. The van der Waals surface area contributed by atoms with E-state index in [1.165, 1.54) is 0 Å². The summed E-state index contributed by atoms with van der Waals surface area (Å²) in [5.74, 6) is 1.19. The Bertz CT molecular complexity index is 368. The molecule has 4 nitrogen and oxygen atoms in total. The molecule has 0 radical (unpaired) electrons. The number of carbonyl (C=O) groups is 1. The van der Waals surface area contributed by atoms with Crippen molar-refractivity contribution in [2.24, 2.45) is 0 Å². The van der Waals surface area contributed by atoms with E-state index in [0.29, 0.717) is 11.3 Å². The first kappa shape index (κ1) is 11.8. The van der Waals surface area contributed by atoms with E-state index in [9.17, 15) is 4.79 Å². The van der Waals surface area contributed by atoms with E-state index in [1.54, 1.807) is 13.8 Å². The third-order valence-electron chi connectivity index (χ3n) is 2.44. The smallest absolute Gasteiger partial charge is 0.255 e. The number of carbonyl (C=O) groups excluding carboxylic acids is 1. The lowest BCUT2D eigenvalue weighted by Gasteiger charge is -2.10. The molecule has 1 aromatic rings. The number of furan rings is 1. The molecule has 1 rings (SSSR count). The van der Waals surface area contributed by atoms with Gasteiger partial charge in [-0.25, -0.2) is 0 Å². The quantitative estimate of drug-likeness (QED) is 0.792. The highest BCUT2D eigenvalue weighted by molar-refractivity contribution is 5.97. The third-order valence-corrected chi connectivity index (χ3v) is 2.44. The fraction of sp³-hybridized carbons (Fsp3) is 0.545. The second kappa shape index (κ2) is 4.49. The van der Waals surface area contributed by atoms with Gasteiger partial charge >= 0.3 is 0 Å². The summed E-state index contributed by atoms with van der Waals surface area (Å²) in [6, 6.07) is -0.244. The van der Waals surface area contributed by atoms with Gasteiger partial charge < -0.3 is 14.8 Å². The average Bonchev–Trinajstić information content (AvgIpc) is 2.41. The number of aryl methyl sites for hydroxylation is 2. The van der Waals surface area contributed by atoms with Gasteiger partial charge in [0.2, 0.25) is 0 Å². The van der Waals surface area contributed by atoms with Crippen LogP contribution in [0, 0.1) is 20.8 Å². The van der Waals surface area contributed by atoms with E-state index >= 15 is 0 Å². The number of rotatable bonds is 3. The van der Waals surface area contributed by atoms with Crippen LogP contribution >= 0.6 is 0 Å². The summed E-state index contributed by atoms with van der Waals surface area (Å²) in [7, 11) is 0. The topological polar surface area (TPSA) is 62.5 Å². The Morgan fingerprint density at radius 1 is 1.40 bits per heavy atom. The minimum absolute atomic E-state index is 0.0688. The summed E-state index contributed by atoms with van der Waals surface area (Å²) in [5.41, 5.74) is 1.43. The third kappa shape index (κ3) is 2.39. The van der Waals surface area contributed by atoms with Gasteiger partial charge in [0.05, 0.1) is 12.2 Å². The van der Waals surface area contributed by atoms with Crippen LogP contribution in [0.3, 0.4) is 0 Å².